The van der Waals surface area contributed by atoms with Crippen LogP contribution < -0.4 is 9.47 Å². The second-order valence-electron chi connectivity index (χ2n) is 4.19. The Morgan fingerprint density at radius 1 is 1.00 bits per heavy atom. The van der Waals surface area contributed by atoms with Gasteiger partial charge in [-0.2, -0.15) is 0 Å². The van der Waals surface area contributed by atoms with Crippen LogP contribution in [-0.4, -0.2) is 19.3 Å². The van der Waals surface area contributed by atoms with Gasteiger partial charge >= 0.3 is 0 Å². The first-order valence-corrected chi connectivity index (χ1v) is 5.91. The van der Waals surface area contributed by atoms with Gasteiger partial charge in [0.15, 0.2) is 11.5 Å². The van der Waals surface area contributed by atoms with Crippen LogP contribution in [0.1, 0.15) is 17.2 Å². The molecule has 1 N–H and O–H groups in total. The molecule has 0 saturated carbocycles. The highest BCUT2D eigenvalue weighted by Gasteiger charge is 2.19. The van der Waals surface area contributed by atoms with E-state index in [1.165, 1.54) is 38.5 Å². The molecule has 0 aromatic heterocycles. The molecule has 1 unspecified atom stereocenters. The lowest BCUT2D eigenvalue weighted by Crippen LogP contribution is -2.04. The number of benzene rings is 2. The SMILES string of the molecule is COc1cc(F)c(C(O)c2cccc(F)c2)cc1OC. The summed E-state index contributed by atoms with van der Waals surface area (Å²) < 4.78 is 37.2. The van der Waals surface area contributed by atoms with E-state index in [0.29, 0.717) is 5.75 Å². The predicted octanol–water partition coefficient (Wildman–Crippen LogP) is 3.06. The van der Waals surface area contributed by atoms with Gasteiger partial charge in [0.25, 0.3) is 0 Å². The molecule has 0 amide bonds. The maximum Gasteiger partial charge on any atom is 0.163 e. The van der Waals surface area contributed by atoms with Crippen molar-refractivity contribution in [2.75, 3.05) is 14.2 Å². The average Bonchev–Trinajstić information content (AvgIpc) is 2.46. The van der Waals surface area contributed by atoms with E-state index in [-0.39, 0.29) is 16.9 Å². The molecule has 0 heterocycles. The fraction of sp³-hybridized carbons (Fsp3) is 0.200. The Morgan fingerprint density at radius 2 is 1.65 bits per heavy atom. The molecular formula is C15H14F2O3. The fourth-order valence-corrected chi connectivity index (χ4v) is 1.94. The third-order valence-corrected chi connectivity index (χ3v) is 2.96. The molecule has 20 heavy (non-hydrogen) atoms. The Morgan fingerprint density at radius 3 is 2.25 bits per heavy atom. The highest BCUT2D eigenvalue weighted by molar-refractivity contribution is 5.46. The minimum absolute atomic E-state index is 0.00625. The first-order chi connectivity index (χ1) is 9.56. The lowest BCUT2D eigenvalue weighted by atomic mass is 10.0. The zero-order valence-corrected chi connectivity index (χ0v) is 11.1. The molecule has 0 aliphatic carbocycles. The lowest BCUT2D eigenvalue weighted by molar-refractivity contribution is 0.213. The Labute approximate surface area is 115 Å². The summed E-state index contributed by atoms with van der Waals surface area (Å²) in [5.41, 5.74) is 0.254. The van der Waals surface area contributed by atoms with Gasteiger partial charge in [-0.25, -0.2) is 8.78 Å². The van der Waals surface area contributed by atoms with Crippen molar-refractivity contribution in [1.82, 2.24) is 0 Å². The first kappa shape index (κ1) is 14.3. The third-order valence-electron chi connectivity index (χ3n) is 2.96. The molecule has 5 heteroatoms. The summed E-state index contributed by atoms with van der Waals surface area (Å²) in [7, 11) is 2.80. The minimum Gasteiger partial charge on any atom is -0.493 e. The van der Waals surface area contributed by atoms with Gasteiger partial charge in [-0.3, -0.25) is 0 Å². The number of ether oxygens (including phenoxy) is 2. The average molecular weight is 280 g/mol. The second kappa shape index (κ2) is 5.88. The smallest absolute Gasteiger partial charge is 0.163 e. The van der Waals surface area contributed by atoms with E-state index in [9.17, 15) is 13.9 Å². The molecule has 0 aliphatic heterocycles. The lowest BCUT2D eigenvalue weighted by Gasteiger charge is -2.15. The standard InChI is InChI=1S/C15H14F2O3/c1-19-13-7-11(12(17)8-14(13)20-2)15(18)9-4-3-5-10(16)6-9/h3-8,15,18H,1-2H3. The summed E-state index contributed by atoms with van der Waals surface area (Å²) in [5.74, 6) is -0.638. The fourth-order valence-electron chi connectivity index (χ4n) is 1.94. The van der Waals surface area contributed by atoms with E-state index < -0.39 is 17.7 Å². The number of aliphatic hydroxyl groups is 1. The summed E-state index contributed by atoms with van der Waals surface area (Å²) in [5, 5.41) is 10.2. The van der Waals surface area contributed by atoms with Gasteiger partial charge in [-0.05, 0) is 23.8 Å². The third kappa shape index (κ3) is 2.72. The van der Waals surface area contributed by atoms with Crippen LogP contribution in [0.3, 0.4) is 0 Å². The van der Waals surface area contributed by atoms with Crippen molar-refractivity contribution >= 4 is 0 Å². The monoisotopic (exact) mass is 280 g/mol. The van der Waals surface area contributed by atoms with Crippen molar-refractivity contribution in [3.8, 4) is 11.5 Å². The number of rotatable bonds is 4. The number of hydrogen-bond acceptors (Lipinski definition) is 3. The normalized spacial score (nSPS) is 12.1. The molecule has 0 radical (unpaired) electrons. The quantitative estimate of drug-likeness (QED) is 0.935. The minimum atomic E-state index is -1.29. The van der Waals surface area contributed by atoms with E-state index in [2.05, 4.69) is 0 Å². The Balaban J connectivity index is 2.46. The summed E-state index contributed by atoms with van der Waals surface area (Å²) in [6, 6.07) is 7.83. The van der Waals surface area contributed by atoms with Crippen LogP contribution in [0.15, 0.2) is 36.4 Å². The van der Waals surface area contributed by atoms with E-state index in [0.717, 1.165) is 12.1 Å². The van der Waals surface area contributed by atoms with E-state index in [1.807, 2.05) is 0 Å². The van der Waals surface area contributed by atoms with Crippen molar-refractivity contribution in [3.05, 3.63) is 59.2 Å². The van der Waals surface area contributed by atoms with Gasteiger partial charge in [-0.1, -0.05) is 12.1 Å². The van der Waals surface area contributed by atoms with Crippen molar-refractivity contribution in [2.45, 2.75) is 6.10 Å². The zero-order valence-electron chi connectivity index (χ0n) is 11.1. The maximum absolute atomic E-state index is 14.0. The van der Waals surface area contributed by atoms with Gasteiger partial charge in [0.1, 0.15) is 17.7 Å². The van der Waals surface area contributed by atoms with Gasteiger partial charge < -0.3 is 14.6 Å². The van der Waals surface area contributed by atoms with Gasteiger partial charge in [0.05, 0.1) is 14.2 Å². The first-order valence-electron chi connectivity index (χ1n) is 5.91. The summed E-state index contributed by atoms with van der Waals surface area (Å²) in [6.45, 7) is 0. The number of aliphatic hydroxyl groups excluding tert-OH is 1. The largest absolute Gasteiger partial charge is 0.493 e. The predicted molar refractivity (Wildman–Crippen MR) is 70.0 cm³/mol. The number of hydrogen-bond donors (Lipinski definition) is 1. The highest BCUT2D eigenvalue weighted by Crippen LogP contribution is 2.34. The molecule has 2 aromatic carbocycles. The molecule has 2 rings (SSSR count). The van der Waals surface area contributed by atoms with Crippen LogP contribution >= 0.6 is 0 Å². The molecule has 2 aromatic rings. The van der Waals surface area contributed by atoms with E-state index in [1.54, 1.807) is 0 Å². The van der Waals surface area contributed by atoms with E-state index in [4.69, 9.17) is 9.47 Å². The van der Waals surface area contributed by atoms with Crippen LogP contribution in [0.4, 0.5) is 8.78 Å². The van der Waals surface area contributed by atoms with Gasteiger partial charge in [0, 0.05) is 11.6 Å². The van der Waals surface area contributed by atoms with Crippen LogP contribution in [0.5, 0.6) is 11.5 Å². The second-order valence-corrected chi connectivity index (χ2v) is 4.19. The molecule has 0 saturated heterocycles. The highest BCUT2D eigenvalue weighted by atomic mass is 19.1. The molecular weight excluding hydrogens is 266 g/mol. The topological polar surface area (TPSA) is 38.7 Å². The molecule has 0 fully saturated rings. The summed E-state index contributed by atoms with van der Waals surface area (Å²) >= 11 is 0. The Kier molecular flexibility index (Phi) is 4.20. The molecule has 106 valence electrons. The maximum atomic E-state index is 14.0. The Hall–Kier alpha value is -2.14. The van der Waals surface area contributed by atoms with Crippen molar-refractivity contribution in [3.63, 3.8) is 0 Å². The van der Waals surface area contributed by atoms with Crippen molar-refractivity contribution in [1.29, 1.82) is 0 Å². The Bertz CT molecular complexity index is 614. The molecule has 1 atom stereocenters. The van der Waals surface area contributed by atoms with Crippen LogP contribution in [0.25, 0.3) is 0 Å². The summed E-state index contributed by atoms with van der Waals surface area (Å²) in [4.78, 5) is 0. The summed E-state index contributed by atoms with van der Waals surface area (Å²) in [6.07, 6.45) is -1.29. The van der Waals surface area contributed by atoms with Crippen LogP contribution in [-0.2, 0) is 0 Å². The van der Waals surface area contributed by atoms with Crippen LogP contribution in [0, 0.1) is 11.6 Å². The number of methoxy groups -OCH3 is 2. The zero-order chi connectivity index (χ0) is 14.7. The molecule has 0 spiro atoms. The molecule has 3 nitrogen and oxygen atoms in total. The van der Waals surface area contributed by atoms with Crippen LogP contribution in [0.2, 0.25) is 0 Å². The number of halogens is 2. The van der Waals surface area contributed by atoms with Crippen molar-refractivity contribution < 1.29 is 23.4 Å². The molecule has 0 bridgehead atoms. The molecule has 0 aliphatic rings. The van der Waals surface area contributed by atoms with Gasteiger partial charge in [0.2, 0.25) is 0 Å². The van der Waals surface area contributed by atoms with Gasteiger partial charge in [-0.15, -0.1) is 0 Å². The van der Waals surface area contributed by atoms with Crippen molar-refractivity contribution in [2.24, 2.45) is 0 Å². The van der Waals surface area contributed by atoms with E-state index >= 15 is 0 Å².